The summed E-state index contributed by atoms with van der Waals surface area (Å²) in [5.74, 6) is 0. The molecule has 114 valence electrons. The predicted octanol–water partition coefficient (Wildman–Crippen LogP) is 2.21. The van der Waals surface area contributed by atoms with Crippen LogP contribution in [-0.4, -0.2) is 43.6 Å². The van der Waals surface area contributed by atoms with Crippen LogP contribution < -0.4 is 5.32 Å². The van der Waals surface area contributed by atoms with Gasteiger partial charge in [-0.15, -0.1) is 0 Å². The second-order valence-corrected chi connectivity index (χ2v) is 9.19. The van der Waals surface area contributed by atoms with Crippen LogP contribution in [0.2, 0.25) is 0 Å². The van der Waals surface area contributed by atoms with Gasteiger partial charge in [0.1, 0.15) is 0 Å². The minimum Gasteiger partial charge on any atom is -0.313 e. The lowest BCUT2D eigenvalue weighted by Gasteiger charge is -2.26. The normalized spacial score (nSPS) is 23.3. The van der Waals surface area contributed by atoms with Crippen LogP contribution in [0.3, 0.4) is 0 Å². The summed E-state index contributed by atoms with van der Waals surface area (Å²) >= 11 is 0. The van der Waals surface area contributed by atoms with E-state index in [1.165, 1.54) is 0 Å². The predicted molar refractivity (Wildman–Crippen MR) is 80.7 cm³/mol. The lowest BCUT2D eigenvalue weighted by Crippen LogP contribution is -2.43. The van der Waals surface area contributed by atoms with E-state index in [1.807, 2.05) is 13.8 Å². The second kappa shape index (κ2) is 6.55. The highest BCUT2D eigenvalue weighted by atomic mass is 32.2. The van der Waals surface area contributed by atoms with E-state index in [4.69, 9.17) is 0 Å². The molecule has 0 saturated carbocycles. The topological polar surface area (TPSA) is 49.4 Å². The van der Waals surface area contributed by atoms with Crippen molar-refractivity contribution in [2.24, 2.45) is 5.41 Å². The Morgan fingerprint density at radius 2 is 1.79 bits per heavy atom. The van der Waals surface area contributed by atoms with Crippen molar-refractivity contribution in [2.75, 3.05) is 19.6 Å². The molecule has 0 aromatic carbocycles. The third-order valence-electron chi connectivity index (χ3n) is 3.98. The van der Waals surface area contributed by atoms with Gasteiger partial charge in [-0.3, -0.25) is 0 Å². The van der Waals surface area contributed by atoms with Crippen molar-refractivity contribution < 1.29 is 8.42 Å². The van der Waals surface area contributed by atoms with E-state index in [9.17, 15) is 8.42 Å². The smallest absolute Gasteiger partial charge is 0.217 e. The Bertz CT molecular complexity index is 377. The van der Waals surface area contributed by atoms with Gasteiger partial charge < -0.3 is 5.32 Å². The van der Waals surface area contributed by atoms with Gasteiger partial charge in [0.05, 0.1) is 5.25 Å². The minimum atomic E-state index is -3.16. The fourth-order valence-electron chi connectivity index (χ4n) is 2.41. The summed E-state index contributed by atoms with van der Waals surface area (Å²) in [6, 6.07) is 0.320. The molecule has 0 spiro atoms. The Balaban J connectivity index is 2.66. The Morgan fingerprint density at radius 3 is 2.37 bits per heavy atom. The zero-order valence-corrected chi connectivity index (χ0v) is 13.9. The first kappa shape index (κ1) is 16.9. The van der Waals surface area contributed by atoms with Crippen molar-refractivity contribution in [3.8, 4) is 0 Å². The van der Waals surface area contributed by atoms with E-state index in [2.05, 4.69) is 19.2 Å². The molecular weight excluding hydrogens is 260 g/mol. The molecule has 19 heavy (non-hydrogen) atoms. The van der Waals surface area contributed by atoms with Crippen molar-refractivity contribution in [3.63, 3.8) is 0 Å². The van der Waals surface area contributed by atoms with Crippen molar-refractivity contribution in [3.05, 3.63) is 0 Å². The summed E-state index contributed by atoms with van der Waals surface area (Å²) in [6.45, 7) is 12.2. The van der Waals surface area contributed by atoms with Crippen molar-refractivity contribution in [1.82, 2.24) is 9.62 Å². The lowest BCUT2D eigenvalue weighted by atomic mass is 9.85. The molecule has 1 atom stereocenters. The maximum Gasteiger partial charge on any atom is 0.217 e. The summed E-state index contributed by atoms with van der Waals surface area (Å²) in [4.78, 5) is 0. The molecular formula is C14H30N2O2S. The molecule has 1 saturated heterocycles. The van der Waals surface area contributed by atoms with E-state index in [1.54, 1.807) is 11.2 Å². The van der Waals surface area contributed by atoms with E-state index < -0.39 is 10.0 Å². The van der Waals surface area contributed by atoms with Gasteiger partial charge >= 0.3 is 0 Å². The number of nitrogens with zero attached hydrogens (tertiary/aromatic N) is 1. The molecule has 1 unspecified atom stereocenters. The molecule has 5 heteroatoms. The maximum absolute atomic E-state index is 12.5. The quantitative estimate of drug-likeness (QED) is 0.844. The summed E-state index contributed by atoms with van der Waals surface area (Å²) in [7, 11) is -3.16. The van der Waals surface area contributed by atoms with Gasteiger partial charge in [-0.25, -0.2) is 12.7 Å². The molecule has 1 rings (SSSR count). The van der Waals surface area contributed by atoms with Crippen molar-refractivity contribution in [1.29, 1.82) is 0 Å². The number of hydrogen-bond acceptors (Lipinski definition) is 3. The fraction of sp³-hybridized carbons (Fsp3) is 1.00. The van der Waals surface area contributed by atoms with Gasteiger partial charge in [-0.1, -0.05) is 27.7 Å². The number of nitrogens with one attached hydrogen (secondary N) is 1. The summed E-state index contributed by atoms with van der Waals surface area (Å²) < 4.78 is 26.8. The SMILES string of the molecule is CC(C)NCC(C)S(=O)(=O)N1CCCC(C)(C)CC1. The van der Waals surface area contributed by atoms with Crippen molar-refractivity contribution >= 4 is 10.0 Å². The molecule has 1 N–H and O–H groups in total. The van der Waals surface area contributed by atoms with Gasteiger partial charge in [-0.05, 0) is 31.6 Å². The maximum atomic E-state index is 12.5. The molecule has 0 aromatic rings. The molecule has 1 aliphatic rings. The summed E-state index contributed by atoms with van der Waals surface area (Å²) in [6.07, 6.45) is 3.03. The molecule has 1 heterocycles. The van der Waals surface area contributed by atoms with Crippen LogP contribution in [0.1, 0.15) is 53.9 Å². The van der Waals surface area contributed by atoms with Gasteiger partial charge in [0.15, 0.2) is 0 Å². The largest absolute Gasteiger partial charge is 0.313 e. The number of sulfonamides is 1. The molecule has 4 nitrogen and oxygen atoms in total. The van der Waals surface area contributed by atoms with Gasteiger partial charge in [0.25, 0.3) is 0 Å². The van der Waals surface area contributed by atoms with E-state index >= 15 is 0 Å². The molecule has 0 aromatic heterocycles. The Morgan fingerprint density at radius 1 is 1.16 bits per heavy atom. The first-order chi connectivity index (χ1) is 8.65. The van der Waals surface area contributed by atoms with Crippen LogP contribution in [0.15, 0.2) is 0 Å². The summed E-state index contributed by atoms with van der Waals surface area (Å²) in [5.41, 5.74) is 0.268. The van der Waals surface area contributed by atoms with Crippen LogP contribution in [0.4, 0.5) is 0 Å². The average Bonchev–Trinajstić information content (AvgIpc) is 2.47. The Hall–Kier alpha value is -0.130. The molecule has 0 radical (unpaired) electrons. The van der Waals surface area contributed by atoms with E-state index in [-0.39, 0.29) is 10.7 Å². The van der Waals surface area contributed by atoms with Gasteiger partial charge in [0.2, 0.25) is 10.0 Å². The molecule has 0 aliphatic carbocycles. The molecule has 0 bridgehead atoms. The van der Waals surface area contributed by atoms with Crippen LogP contribution in [-0.2, 0) is 10.0 Å². The third-order valence-corrected chi connectivity index (χ3v) is 6.25. The first-order valence-electron chi connectivity index (χ1n) is 7.37. The molecule has 1 fully saturated rings. The van der Waals surface area contributed by atoms with Crippen LogP contribution in [0.25, 0.3) is 0 Å². The highest BCUT2D eigenvalue weighted by molar-refractivity contribution is 7.89. The van der Waals surface area contributed by atoms with Crippen LogP contribution in [0, 0.1) is 5.41 Å². The van der Waals surface area contributed by atoms with Gasteiger partial charge in [-0.2, -0.15) is 0 Å². The van der Waals surface area contributed by atoms with Crippen LogP contribution >= 0.6 is 0 Å². The van der Waals surface area contributed by atoms with Gasteiger partial charge in [0, 0.05) is 25.7 Å². The van der Waals surface area contributed by atoms with Crippen molar-refractivity contribution in [2.45, 2.75) is 65.2 Å². The number of rotatable bonds is 5. The monoisotopic (exact) mass is 290 g/mol. The summed E-state index contributed by atoms with van der Waals surface area (Å²) in [5, 5.41) is 2.87. The van der Waals surface area contributed by atoms with Crippen LogP contribution in [0.5, 0.6) is 0 Å². The first-order valence-corrected chi connectivity index (χ1v) is 8.88. The fourth-order valence-corrected chi connectivity index (χ4v) is 3.96. The minimum absolute atomic E-state index is 0.268. The van der Waals surface area contributed by atoms with E-state index in [0.717, 1.165) is 19.3 Å². The standard InChI is InChI=1S/C14H30N2O2S/c1-12(2)15-11-13(3)19(17,18)16-9-6-7-14(4,5)8-10-16/h12-13,15H,6-11H2,1-5H3. The lowest BCUT2D eigenvalue weighted by molar-refractivity contribution is 0.314. The Labute approximate surface area is 119 Å². The molecule has 0 amide bonds. The average molecular weight is 290 g/mol. The second-order valence-electron chi connectivity index (χ2n) is 6.84. The Kier molecular flexibility index (Phi) is 5.83. The highest BCUT2D eigenvalue weighted by Crippen LogP contribution is 2.31. The van der Waals surface area contributed by atoms with E-state index in [0.29, 0.717) is 25.7 Å². The highest BCUT2D eigenvalue weighted by Gasteiger charge is 2.32. The molecule has 1 aliphatic heterocycles. The zero-order valence-electron chi connectivity index (χ0n) is 13.1. The zero-order chi connectivity index (χ0) is 14.7. The third kappa shape index (κ3) is 5.04. The number of hydrogen-bond donors (Lipinski definition) is 1.